The highest BCUT2D eigenvalue weighted by atomic mass is 16.1. The van der Waals surface area contributed by atoms with Gasteiger partial charge in [-0.15, -0.1) is 0 Å². The number of aryl methyl sites for hydroxylation is 1. The van der Waals surface area contributed by atoms with E-state index in [9.17, 15) is 4.79 Å². The third-order valence-electron chi connectivity index (χ3n) is 2.02. The van der Waals surface area contributed by atoms with E-state index >= 15 is 0 Å². The van der Waals surface area contributed by atoms with Crippen LogP contribution in [-0.4, -0.2) is 15.7 Å². The van der Waals surface area contributed by atoms with Crippen LogP contribution in [-0.2, 0) is 18.4 Å². The molecule has 1 aromatic heterocycles. The van der Waals surface area contributed by atoms with Crippen molar-refractivity contribution in [3.8, 4) is 0 Å². The number of anilines is 1. The summed E-state index contributed by atoms with van der Waals surface area (Å²) in [5.41, 5.74) is 6.57. The fraction of sp³-hybridized carbons (Fsp3) is 0.556. The normalized spacial score (nSPS) is 10.1. The molecule has 3 N–H and O–H groups in total. The quantitative estimate of drug-likeness (QED) is 0.733. The maximum atomic E-state index is 11.2. The van der Waals surface area contributed by atoms with E-state index < -0.39 is 0 Å². The van der Waals surface area contributed by atoms with Gasteiger partial charge in [-0.2, -0.15) is 5.10 Å². The summed E-state index contributed by atoms with van der Waals surface area (Å²) < 4.78 is 1.58. The number of nitrogen functional groups attached to an aromatic ring is 1. The standard InChI is InChI=1S/C9H16N4O/c1-3-4-8(14)11-5-7-6-12-13(2)9(7)10/h6H,3-5,10H2,1-2H3,(H,11,14). The van der Waals surface area contributed by atoms with Gasteiger partial charge in [-0.3, -0.25) is 9.48 Å². The molecule has 5 heteroatoms. The minimum absolute atomic E-state index is 0.0516. The van der Waals surface area contributed by atoms with Gasteiger partial charge >= 0.3 is 0 Å². The Bertz CT molecular complexity index is 319. The van der Waals surface area contributed by atoms with Crippen molar-refractivity contribution in [1.82, 2.24) is 15.1 Å². The van der Waals surface area contributed by atoms with Crippen LogP contribution >= 0.6 is 0 Å². The van der Waals surface area contributed by atoms with Gasteiger partial charge in [0.05, 0.1) is 6.20 Å². The zero-order valence-corrected chi connectivity index (χ0v) is 8.58. The van der Waals surface area contributed by atoms with Crippen molar-refractivity contribution in [3.05, 3.63) is 11.8 Å². The third kappa shape index (κ3) is 2.48. The number of hydrogen-bond acceptors (Lipinski definition) is 3. The molecule has 0 saturated heterocycles. The number of aromatic nitrogens is 2. The highest BCUT2D eigenvalue weighted by Gasteiger charge is 2.05. The predicted octanol–water partition coefficient (Wildman–Crippen LogP) is 0.419. The first-order chi connectivity index (χ1) is 6.65. The van der Waals surface area contributed by atoms with Crippen LogP contribution < -0.4 is 11.1 Å². The van der Waals surface area contributed by atoms with Crippen LogP contribution in [0, 0.1) is 0 Å². The highest BCUT2D eigenvalue weighted by molar-refractivity contribution is 5.75. The largest absolute Gasteiger partial charge is 0.384 e. The van der Waals surface area contributed by atoms with Gasteiger partial charge in [0.2, 0.25) is 5.91 Å². The molecular formula is C9H16N4O. The van der Waals surface area contributed by atoms with Crippen molar-refractivity contribution < 1.29 is 4.79 Å². The molecule has 1 rings (SSSR count). The predicted molar refractivity (Wildman–Crippen MR) is 54.4 cm³/mol. The van der Waals surface area contributed by atoms with E-state index in [0.29, 0.717) is 18.8 Å². The van der Waals surface area contributed by atoms with Gasteiger partial charge in [0.1, 0.15) is 5.82 Å². The zero-order chi connectivity index (χ0) is 10.6. The highest BCUT2D eigenvalue weighted by Crippen LogP contribution is 2.08. The number of nitrogens with zero attached hydrogens (tertiary/aromatic N) is 2. The summed E-state index contributed by atoms with van der Waals surface area (Å²) >= 11 is 0. The second-order valence-electron chi connectivity index (χ2n) is 3.21. The minimum atomic E-state index is 0.0516. The molecule has 0 aliphatic heterocycles. The number of nitrogens with two attached hydrogens (primary N) is 1. The average molecular weight is 196 g/mol. The van der Waals surface area contributed by atoms with Gasteiger partial charge in [-0.1, -0.05) is 6.92 Å². The molecule has 0 saturated carbocycles. The third-order valence-corrected chi connectivity index (χ3v) is 2.02. The van der Waals surface area contributed by atoms with Crippen LogP contribution in [0.1, 0.15) is 25.3 Å². The fourth-order valence-electron chi connectivity index (χ4n) is 1.14. The smallest absolute Gasteiger partial charge is 0.220 e. The number of carbonyl (C=O) groups is 1. The van der Waals surface area contributed by atoms with Gasteiger partial charge in [0.15, 0.2) is 0 Å². The number of amides is 1. The van der Waals surface area contributed by atoms with E-state index in [0.717, 1.165) is 12.0 Å². The second kappa shape index (κ2) is 4.64. The Morgan fingerprint density at radius 1 is 1.71 bits per heavy atom. The SMILES string of the molecule is CCCC(=O)NCc1cnn(C)c1N. The van der Waals surface area contributed by atoms with Gasteiger partial charge in [0.25, 0.3) is 0 Å². The van der Waals surface area contributed by atoms with Crippen LogP contribution in [0.2, 0.25) is 0 Å². The molecule has 1 heterocycles. The van der Waals surface area contributed by atoms with E-state index in [1.807, 2.05) is 6.92 Å². The summed E-state index contributed by atoms with van der Waals surface area (Å²) in [7, 11) is 1.77. The van der Waals surface area contributed by atoms with E-state index in [1.54, 1.807) is 17.9 Å². The zero-order valence-electron chi connectivity index (χ0n) is 8.58. The summed E-state index contributed by atoms with van der Waals surface area (Å²) in [6.07, 6.45) is 3.08. The maximum absolute atomic E-state index is 11.2. The topological polar surface area (TPSA) is 72.9 Å². The van der Waals surface area contributed by atoms with Crippen molar-refractivity contribution in [2.75, 3.05) is 5.73 Å². The lowest BCUT2D eigenvalue weighted by atomic mass is 10.3. The monoisotopic (exact) mass is 196 g/mol. The molecule has 0 aliphatic rings. The second-order valence-corrected chi connectivity index (χ2v) is 3.21. The van der Waals surface area contributed by atoms with Crippen molar-refractivity contribution in [1.29, 1.82) is 0 Å². The van der Waals surface area contributed by atoms with Crippen LogP contribution in [0.25, 0.3) is 0 Å². The van der Waals surface area contributed by atoms with Crippen LogP contribution in [0.15, 0.2) is 6.20 Å². The van der Waals surface area contributed by atoms with Crippen molar-refractivity contribution >= 4 is 11.7 Å². The number of carbonyl (C=O) groups excluding carboxylic acids is 1. The maximum Gasteiger partial charge on any atom is 0.220 e. The molecule has 0 radical (unpaired) electrons. The first-order valence-corrected chi connectivity index (χ1v) is 4.68. The summed E-state index contributed by atoms with van der Waals surface area (Å²) in [6, 6.07) is 0. The summed E-state index contributed by atoms with van der Waals surface area (Å²) in [6.45, 7) is 2.43. The van der Waals surface area contributed by atoms with E-state index in [1.165, 1.54) is 0 Å². The van der Waals surface area contributed by atoms with Gasteiger partial charge in [-0.05, 0) is 6.42 Å². The lowest BCUT2D eigenvalue weighted by Crippen LogP contribution is -2.22. The molecule has 14 heavy (non-hydrogen) atoms. The van der Waals surface area contributed by atoms with Gasteiger partial charge in [-0.25, -0.2) is 0 Å². The molecule has 78 valence electrons. The van der Waals surface area contributed by atoms with Gasteiger partial charge in [0, 0.05) is 25.6 Å². The Hall–Kier alpha value is -1.52. The molecule has 0 spiro atoms. The molecule has 0 fully saturated rings. The Kier molecular flexibility index (Phi) is 3.50. The Morgan fingerprint density at radius 3 is 2.93 bits per heavy atom. The van der Waals surface area contributed by atoms with E-state index in [2.05, 4.69) is 10.4 Å². The summed E-state index contributed by atoms with van der Waals surface area (Å²) in [5, 5.41) is 6.76. The molecule has 0 unspecified atom stereocenters. The van der Waals surface area contributed by atoms with Gasteiger partial charge < -0.3 is 11.1 Å². The Labute approximate surface area is 83.3 Å². The number of rotatable bonds is 4. The first-order valence-electron chi connectivity index (χ1n) is 4.68. The van der Waals surface area contributed by atoms with Crippen LogP contribution in [0.4, 0.5) is 5.82 Å². The molecule has 0 bridgehead atoms. The van der Waals surface area contributed by atoms with Crippen molar-refractivity contribution in [2.24, 2.45) is 7.05 Å². The first kappa shape index (κ1) is 10.6. The summed E-state index contributed by atoms with van der Waals surface area (Å²) in [4.78, 5) is 11.2. The van der Waals surface area contributed by atoms with E-state index in [-0.39, 0.29) is 5.91 Å². The van der Waals surface area contributed by atoms with E-state index in [4.69, 9.17) is 5.73 Å². The fourth-order valence-corrected chi connectivity index (χ4v) is 1.14. The Balaban J connectivity index is 2.46. The molecule has 1 aromatic rings. The minimum Gasteiger partial charge on any atom is -0.384 e. The lowest BCUT2D eigenvalue weighted by Gasteiger charge is -2.03. The summed E-state index contributed by atoms with van der Waals surface area (Å²) in [5.74, 6) is 0.651. The molecule has 5 nitrogen and oxygen atoms in total. The molecule has 0 atom stereocenters. The van der Waals surface area contributed by atoms with Crippen LogP contribution in [0.5, 0.6) is 0 Å². The molecule has 1 amide bonds. The molecular weight excluding hydrogens is 180 g/mol. The van der Waals surface area contributed by atoms with Crippen LogP contribution in [0.3, 0.4) is 0 Å². The number of nitrogens with one attached hydrogen (secondary N) is 1. The van der Waals surface area contributed by atoms with Crippen molar-refractivity contribution in [2.45, 2.75) is 26.3 Å². The lowest BCUT2D eigenvalue weighted by molar-refractivity contribution is -0.121. The Morgan fingerprint density at radius 2 is 2.43 bits per heavy atom. The average Bonchev–Trinajstić information content (AvgIpc) is 2.46. The number of hydrogen-bond donors (Lipinski definition) is 2. The molecule has 0 aliphatic carbocycles. The molecule has 0 aromatic carbocycles. The van der Waals surface area contributed by atoms with Crippen molar-refractivity contribution in [3.63, 3.8) is 0 Å².